The molecule has 176 valence electrons. The van der Waals surface area contributed by atoms with E-state index in [-0.39, 0.29) is 23.8 Å². The predicted molar refractivity (Wildman–Crippen MR) is 122 cm³/mol. The Labute approximate surface area is 190 Å². The summed E-state index contributed by atoms with van der Waals surface area (Å²) in [4.78, 5) is 38.4. The number of fused-ring (bicyclic) bond motifs is 1. The van der Waals surface area contributed by atoms with Crippen LogP contribution in [0.2, 0.25) is 0 Å². The zero-order chi connectivity index (χ0) is 23.1. The minimum atomic E-state index is -0.742. The average molecular weight is 445 g/mol. The molecule has 1 aromatic carbocycles. The summed E-state index contributed by atoms with van der Waals surface area (Å²) in [7, 11) is 0. The van der Waals surface area contributed by atoms with Gasteiger partial charge in [0.2, 0.25) is 11.8 Å². The molecular weight excluding hydrogens is 408 g/mol. The van der Waals surface area contributed by atoms with Crippen LogP contribution in [-0.2, 0) is 16.0 Å². The molecule has 2 aliphatic rings. The number of carbonyl (C=O) groups excluding carboxylic acids is 3. The van der Waals surface area contributed by atoms with Crippen LogP contribution in [0.4, 0.5) is 4.79 Å². The third kappa shape index (κ3) is 7.14. The second-order valence-corrected chi connectivity index (χ2v) is 9.29. The van der Waals surface area contributed by atoms with Gasteiger partial charge in [-0.1, -0.05) is 44.9 Å². The lowest BCUT2D eigenvalue weighted by atomic mass is 10.0. The highest BCUT2D eigenvalue weighted by atomic mass is 16.5. The predicted octanol–water partition coefficient (Wildman–Crippen LogP) is 2.13. The molecule has 0 aromatic heterocycles. The normalized spacial score (nSPS) is 26.0. The average Bonchev–Trinajstić information content (AvgIpc) is 3.56. The van der Waals surface area contributed by atoms with E-state index in [0.717, 1.165) is 37.0 Å². The van der Waals surface area contributed by atoms with Crippen LogP contribution in [0.3, 0.4) is 0 Å². The van der Waals surface area contributed by atoms with Crippen LogP contribution in [0.15, 0.2) is 24.3 Å². The molecule has 32 heavy (non-hydrogen) atoms. The van der Waals surface area contributed by atoms with Gasteiger partial charge in [-0.25, -0.2) is 4.79 Å². The van der Waals surface area contributed by atoms with Crippen LogP contribution < -0.4 is 26.0 Å². The molecule has 1 aromatic rings. The first-order valence-electron chi connectivity index (χ1n) is 11.7. The Balaban J connectivity index is 1.76. The SMILES string of the molecule is CC(C)[C@H]1NC(=O)N[C@@H](C)COc2ccccc2CCCNC(=O)[C@H](CC2CC2)NC1=O. The molecule has 4 N–H and O–H groups in total. The third-order valence-corrected chi connectivity index (χ3v) is 5.90. The van der Waals surface area contributed by atoms with Gasteiger partial charge in [-0.15, -0.1) is 0 Å². The molecule has 8 nitrogen and oxygen atoms in total. The number of hydrogen-bond acceptors (Lipinski definition) is 4. The van der Waals surface area contributed by atoms with Crippen molar-refractivity contribution in [1.29, 1.82) is 0 Å². The number of amides is 4. The van der Waals surface area contributed by atoms with Crippen molar-refractivity contribution >= 4 is 17.8 Å². The van der Waals surface area contributed by atoms with E-state index < -0.39 is 18.1 Å². The standard InChI is InChI=1S/C24H36N4O4/c1-15(2)21-23(30)27-19(13-17-10-11-17)22(29)25-12-6-8-18-7-4-5-9-20(18)32-14-16(3)26-24(31)28-21/h4-5,7,9,15-17,19,21H,6,8,10-14H2,1-3H3,(H,25,29)(H,27,30)(H2,26,28,31)/t16-,19-,21+/m0/s1. The van der Waals surface area contributed by atoms with E-state index in [1.165, 1.54) is 0 Å². The van der Waals surface area contributed by atoms with Gasteiger partial charge in [-0.2, -0.15) is 0 Å². The number of urea groups is 1. The van der Waals surface area contributed by atoms with Gasteiger partial charge in [0.1, 0.15) is 24.4 Å². The molecular formula is C24H36N4O4. The first kappa shape index (κ1) is 23.9. The number of rotatable bonds is 3. The van der Waals surface area contributed by atoms with Gasteiger partial charge < -0.3 is 26.0 Å². The van der Waals surface area contributed by atoms with Crippen molar-refractivity contribution in [1.82, 2.24) is 21.3 Å². The molecule has 1 aliphatic carbocycles. The molecule has 1 heterocycles. The van der Waals surface area contributed by atoms with Crippen LogP contribution in [0.5, 0.6) is 5.75 Å². The number of carbonyl (C=O) groups is 3. The van der Waals surface area contributed by atoms with Crippen molar-refractivity contribution < 1.29 is 19.1 Å². The van der Waals surface area contributed by atoms with Gasteiger partial charge in [-0.3, -0.25) is 9.59 Å². The molecule has 1 fully saturated rings. The summed E-state index contributed by atoms with van der Waals surface area (Å²) in [6.07, 6.45) is 4.32. The molecule has 0 unspecified atom stereocenters. The summed E-state index contributed by atoms with van der Waals surface area (Å²) in [5.41, 5.74) is 1.06. The zero-order valence-corrected chi connectivity index (χ0v) is 19.3. The fraction of sp³-hybridized carbons (Fsp3) is 0.625. The molecule has 1 aliphatic heterocycles. The quantitative estimate of drug-likeness (QED) is 0.573. The molecule has 1 saturated carbocycles. The van der Waals surface area contributed by atoms with Crippen LogP contribution >= 0.6 is 0 Å². The van der Waals surface area contributed by atoms with Crippen LogP contribution in [0.1, 0.15) is 52.0 Å². The Morgan fingerprint density at radius 2 is 1.78 bits per heavy atom. The summed E-state index contributed by atoms with van der Waals surface area (Å²) in [6.45, 7) is 6.42. The van der Waals surface area contributed by atoms with Crippen molar-refractivity contribution in [3.63, 3.8) is 0 Å². The molecule has 0 saturated heterocycles. The minimum Gasteiger partial charge on any atom is -0.491 e. The first-order chi connectivity index (χ1) is 15.3. The number of hydrogen-bond donors (Lipinski definition) is 4. The second kappa shape index (κ2) is 11.2. The number of aryl methyl sites for hydroxylation is 1. The molecule has 8 heteroatoms. The summed E-state index contributed by atoms with van der Waals surface area (Å²) in [5, 5.41) is 11.5. The summed E-state index contributed by atoms with van der Waals surface area (Å²) in [6, 6.07) is 5.79. The lowest BCUT2D eigenvalue weighted by Crippen LogP contribution is -2.57. The molecule has 0 radical (unpaired) electrons. The fourth-order valence-electron chi connectivity index (χ4n) is 3.84. The second-order valence-electron chi connectivity index (χ2n) is 9.29. The van der Waals surface area contributed by atoms with Gasteiger partial charge in [0.05, 0.1) is 6.04 Å². The van der Waals surface area contributed by atoms with Crippen molar-refractivity contribution in [3.05, 3.63) is 29.8 Å². The van der Waals surface area contributed by atoms with Gasteiger partial charge in [0.25, 0.3) is 0 Å². The Morgan fingerprint density at radius 1 is 1.03 bits per heavy atom. The van der Waals surface area contributed by atoms with E-state index in [0.29, 0.717) is 25.5 Å². The van der Waals surface area contributed by atoms with E-state index in [1.807, 2.05) is 45.0 Å². The van der Waals surface area contributed by atoms with Crippen molar-refractivity contribution in [3.8, 4) is 5.75 Å². The van der Waals surface area contributed by atoms with E-state index in [1.54, 1.807) is 0 Å². The summed E-state index contributed by atoms with van der Waals surface area (Å²) >= 11 is 0. The zero-order valence-electron chi connectivity index (χ0n) is 19.3. The Hall–Kier alpha value is -2.77. The highest BCUT2D eigenvalue weighted by Crippen LogP contribution is 2.33. The number of para-hydroxylation sites is 1. The summed E-state index contributed by atoms with van der Waals surface area (Å²) < 4.78 is 5.95. The maximum Gasteiger partial charge on any atom is 0.315 e. The van der Waals surface area contributed by atoms with E-state index in [2.05, 4.69) is 21.3 Å². The lowest BCUT2D eigenvalue weighted by molar-refractivity contribution is -0.130. The highest BCUT2D eigenvalue weighted by molar-refractivity contribution is 5.92. The first-order valence-corrected chi connectivity index (χ1v) is 11.7. The topological polar surface area (TPSA) is 109 Å². The molecule has 4 amide bonds. The van der Waals surface area contributed by atoms with Gasteiger partial charge in [0, 0.05) is 6.54 Å². The van der Waals surface area contributed by atoms with Crippen molar-refractivity contribution in [2.24, 2.45) is 11.8 Å². The van der Waals surface area contributed by atoms with Gasteiger partial charge in [-0.05, 0) is 49.7 Å². The maximum atomic E-state index is 13.0. The smallest absolute Gasteiger partial charge is 0.315 e. The fourth-order valence-corrected chi connectivity index (χ4v) is 3.84. The van der Waals surface area contributed by atoms with E-state index in [9.17, 15) is 14.4 Å². The molecule has 0 spiro atoms. The Kier molecular flexibility index (Phi) is 8.36. The number of benzene rings is 1. The van der Waals surface area contributed by atoms with Gasteiger partial charge >= 0.3 is 6.03 Å². The van der Waals surface area contributed by atoms with Crippen LogP contribution in [0, 0.1) is 11.8 Å². The Bertz CT molecular complexity index is 809. The third-order valence-electron chi connectivity index (χ3n) is 5.90. The van der Waals surface area contributed by atoms with E-state index >= 15 is 0 Å². The number of ether oxygens (including phenoxy) is 1. The minimum absolute atomic E-state index is 0.133. The van der Waals surface area contributed by atoms with Crippen molar-refractivity contribution in [2.45, 2.75) is 71.0 Å². The largest absolute Gasteiger partial charge is 0.491 e. The maximum absolute atomic E-state index is 13.0. The molecule has 0 bridgehead atoms. The Morgan fingerprint density at radius 3 is 2.50 bits per heavy atom. The molecule has 3 atom stereocenters. The van der Waals surface area contributed by atoms with Crippen LogP contribution in [-0.4, -0.2) is 49.1 Å². The van der Waals surface area contributed by atoms with E-state index in [4.69, 9.17) is 4.74 Å². The molecule has 3 rings (SSSR count). The lowest BCUT2D eigenvalue weighted by Gasteiger charge is -2.26. The van der Waals surface area contributed by atoms with Crippen LogP contribution in [0.25, 0.3) is 0 Å². The summed E-state index contributed by atoms with van der Waals surface area (Å²) in [5.74, 6) is 0.613. The number of nitrogens with one attached hydrogen (secondary N) is 4. The monoisotopic (exact) mass is 444 g/mol. The highest BCUT2D eigenvalue weighted by Gasteiger charge is 2.33. The van der Waals surface area contributed by atoms with Gasteiger partial charge in [0.15, 0.2) is 0 Å². The van der Waals surface area contributed by atoms with Crippen molar-refractivity contribution in [2.75, 3.05) is 13.2 Å².